The monoisotopic (exact) mass is 186 g/mol. The molecule has 13 heavy (non-hydrogen) atoms. The fourth-order valence-electron chi connectivity index (χ4n) is 0.357. The highest BCUT2D eigenvalue weighted by molar-refractivity contribution is 5.88. The van der Waals surface area contributed by atoms with Crippen LogP contribution >= 0.6 is 0 Å². The van der Waals surface area contributed by atoms with Crippen molar-refractivity contribution in [2.75, 3.05) is 7.11 Å². The molecular formula is C10H18O3. The normalized spacial score (nSPS) is 7.77. The molecule has 0 aliphatic heterocycles. The van der Waals surface area contributed by atoms with Crippen molar-refractivity contribution in [3.63, 3.8) is 0 Å². The predicted octanol–water partition coefficient (Wildman–Crippen LogP) is 2.11. The minimum Gasteiger partial charge on any atom is -0.466 e. The van der Waals surface area contributed by atoms with Gasteiger partial charge in [-0.3, -0.25) is 0 Å². The molecule has 0 aliphatic carbocycles. The minimum absolute atomic E-state index is 0.241. The Hall–Kier alpha value is -1.12. The highest BCUT2D eigenvalue weighted by Gasteiger charge is 2.02. The summed E-state index contributed by atoms with van der Waals surface area (Å²) in [4.78, 5) is 19.8. The van der Waals surface area contributed by atoms with Crippen molar-refractivity contribution in [3.8, 4) is 0 Å². The number of hydrogen-bond donors (Lipinski definition) is 0. The van der Waals surface area contributed by atoms with Gasteiger partial charge in [0, 0.05) is 12.0 Å². The molecule has 0 fully saturated rings. The van der Waals surface area contributed by atoms with Gasteiger partial charge in [-0.25, -0.2) is 4.79 Å². The Balaban J connectivity index is 0. The van der Waals surface area contributed by atoms with Crippen LogP contribution in [0.25, 0.3) is 0 Å². The molecule has 0 saturated carbocycles. The van der Waals surface area contributed by atoms with Crippen LogP contribution in [0, 0.1) is 0 Å². The van der Waals surface area contributed by atoms with Gasteiger partial charge >= 0.3 is 5.97 Å². The van der Waals surface area contributed by atoms with Crippen molar-refractivity contribution in [1.29, 1.82) is 0 Å². The standard InChI is InChI=1S/C7H12O2.C3H6O/c1-5(2)6(3)7(8)9-4;1-2-3-4/h1-4H3;3H,2H2,1H3. The molecule has 0 aliphatic rings. The van der Waals surface area contributed by atoms with Crippen LogP contribution in [0.3, 0.4) is 0 Å². The molecular weight excluding hydrogens is 168 g/mol. The van der Waals surface area contributed by atoms with Crippen LogP contribution in [0.5, 0.6) is 0 Å². The van der Waals surface area contributed by atoms with E-state index in [0.29, 0.717) is 12.0 Å². The second kappa shape index (κ2) is 8.97. The molecule has 0 amide bonds. The predicted molar refractivity (Wildman–Crippen MR) is 52.4 cm³/mol. The lowest BCUT2D eigenvalue weighted by atomic mass is 10.2. The van der Waals surface area contributed by atoms with E-state index in [0.717, 1.165) is 11.9 Å². The molecule has 0 aromatic heterocycles. The van der Waals surface area contributed by atoms with Crippen LogP contribution in [-0.4, -0.2) is 19.4 Å². The molecule has 0 heterocycles. The average molecular weight is 186 g/mol. The highest BCUT2D eigenvalue weighted by atomic mass is 16.5. The third kappa shape index (κ3) is 8.79. The lowest BCUT2D eigenvalue weighted by molar-refractivity contribution is -0.136. The van der Waals surface area contributed by atoms with Gasteiger partial charge in [0.2, 0.25) is 0 Å². The van der Waals surface area contributed by atoms with Gasteiger partial charge in [-0.15, -0.1) is 0 Å². The minimum atomic E-state index is -0.241. The summed E-state index contributed by atoms with van der Waals surface area (Å²) in [7, 11) is 1.38. The Morgan fingerprint density at radius 1 is 1.31 bits per heavy atom. The van der Waals surface area contributed by atoms with Gasteiger partial charge in [-0.1, -0.05) is 12.5 Å². The number of carbonyl (C=O) groups excluding carboxylic acids is 2. The van der Waals surface area contributed by atoms with Crippen molar-refractivity contribution >= 4 is 12.3 Å². The molecule has 0 aromatic rings. The molecule has 0 aromatic carbocycles. The Labute approximate surface area is 79.8 Å². The SMILES string of the molecule is CCC=O.COC(=O)C(C)=C(C)C. The summed E-state index contributed by atoms with van der Waals surface area (Å²) < 4.78 is 4.48. The van der Waals surface area contributed by atoms with Crippen molar-refractivity contribution in [2.24, 2.45) is 0 Å². The van der Waals surface area contributed by atoms with E-state index in [1.165, 1.54) is 7.11 Å². The maximum atomic E-state index is 10.7. The van der Waals surface area contributed by atoms with Crippen molar-refractivity contribution in [1.82, 2.24) is 0 Å². The summed E-state index contributed by atoms with van der Waals surface area (Å²) in [6.07, 6.45) is 1.51. The third-order valence-corrected chi connectivity index (χ3v) is 1.41. The molecule has 0 atom stereocenters. The van der Waals surface area contributed by atoms with Gasteiger partial charge in [0.25, 0.3) is 0 Å². The summed E-state index contributed by atoms with van der Waals surface area (Å²) in [6, 6.07) is 0. The van der Waals surface area contributed by atoms with Crippen LogP contribution in [0.4, 0.5) is 0 Å². The third-order valence-electron chi connectivity index (χ3n) is 1.41. The van der Waals surface area contributed by atoms with Crippen molar-refractivity contribution in [3.05, 3.63) is 11.1 Å². The zero-order valence-electron chi connectivity index (χ0n) is 9.01. The molecule has 0 unspecified atom stereocenters. The fourth-order valence-corrected chi connectivity index (χ4v) is 0.357. The quantitative estimate of drug-likeness (QED) is 0.377. The molecule has 76 valence electrons. The number of carbonyl (C=O) groups is 2. The summed E-state index contributed by atoms with van der Waals surface area (Å²) in [5, 5.41) is 0. The first-order valence-electron chi connectivity index (χ1n) is 4.17. The molecule has 0 bridgehead atoms. The lowest BCUT2D eigenvalue weighted by Gasteiger charge is -1.98. The number of rotatable bonds is 2. The van der Waals surface area contributed by atoms with Crippen molar-refractivity contribution in [2.45, 2.75) is 34.1 Å². The second-order valence-corrected chi connectivity index (χ2v) is 2.69. The molecule has 0 N–H and O–H groups in total. The van der Waals surface area contributed by atoms with Crippen LogP contribution in [0.2, 0.25) is 0 Å². The second-order valence-electron chi connectivity index (χ2n) is 2.69. The summed E-state index contributed by atoms with van der Waals surface area (Å²) >= 11 is 0. The molecule has 0 saturated heterocycles. The van der Waals surface area contributed by atoms with E-state index < -0.39 is 0 Å². The first-order valence-corrected chi connectivity index (χ1v) is 4.17. The number of allylic oxidation sites excluding steroid dienone is 1. The molecule has 0 spiro atoms. The maximum absolute atomic E-state index is 10.7. The molecule has 3 nitrogen and oxygen atoms in total. The van der Waals surface area contributed by atoms with Gasteiger partial charge in [0.1, 0.15) is 6.29 Å². The maximum Gasteiger partial charge on any atom is 0.333 e. The van der Waals surface area contributed by atoms with Crippen LogP contribution < -0.4 is 0 Å². The zero-order valence-corrected chi connectivity index (χ0v) is 9.01. The zero-order chi connectivity index (χ0) is 10.9. The fraction of sp³-hybridized carbons (Fsp3) is 0.600. The van der Waals surface area contributed by atoms with Gasteiger partial charge in [0.15, 0.2) is 0 Å². The number of ether oxygens (including phenoxy) is 1. The summed E-state index contributed by atoms with van der Waals surface area (Å²) in [5.74, 6) is -0.241. The molecule has 0 radical (unpaired) electrons. The lowest BCUT2D eigenvalue weighted by Crippen LogP contribution is -2.02. The smallest absolute Gasteiger partial charge is 0.333 e. The number of hydrogen-bond acceptors (Lipinski definition) is 3. The van der Waals surface area contributed by atoms with E-state index in [4.69, 9.17) is 0 Å². The van der Waals surface area contributed by atoms with E-state index in [9.17, 15) is 9.59 Å². The van der Waals surface area contributed by atoms with E-state index >= 15 is 0 Å². The summed E-state index contributed by atoms with van der Waals surface area (Å²) in [5.41, 5.74) is 1.69. The molecule has 0 rings (SSSR count). The first-order chi connectivity index (χ1) is 6.01. The Kier molecular flexibility index (Phi) is 9.94. The van der Waals surface area contributed by atoms with E-state index in [2.05, 4.69) is 4.74 Å². The van der Waals surface area contributed by atoms with Gasteiger partial charge in [-0.05, 0) is 20.8 Å². The Bertz CT molecular complexity index is 188. The molecule has 3 heteroatoms. The number of methoxy groups -OCH3 is 1. The van der Waals surface area contributed by atoms with Gasteiger partial charge in [-0.2, -0.15) is 0 Å². The Morgan fingerprint density at radius 2 is 1.69 bits per heavy atom. The van der Waals surface area contributed by atoms with Crippen molar-refractivity contribution < 1.29 is 14.3 Å². The summed E-state index contributed by atoms with van der Waals surface area (Å²) in [6.45, 7) is 7.33. The number of esters is 1. The van der Waals surface area contributed by atoms with Crippen LogP contribution in [0.15, 0.2) is 11.1 Å². The van der Waals surface area contributed by atoms with E-state index in [1.54, 1.807) is 6.92 Å². The Morgan fingerprint density at radius 3 is 1.77 bits per heavy atom. The van der Waals surface area contributed by atoms with Gasteiger partial charge < -0.3 is 9.53 Å². The van der Waals surface area contributed by atoms with E-state index in [-0.39, 0.29) is 5.97 Å². The first kappa shape index (κ1) is 14.4. The van der Waals surface area contributed by atoms with Crippen LogP contribution in [-0.2, 0) is 14.3 Å². The average Bonchev–Trinajstić information content (AvgIpc) is 2.15. The topological polar surface area (TPSA) is 43.4 Å². The van der Waals surface area contributed by atoms with E-state index in [1.807, 2.05) is 20.8 Å². The highest BCUT2D eigenvalue weighted by Crippen LogP contribution is 2.02. The van der Waals surface area contributed by atoms with Gasteiger partial charge in [0.05, 0.1) is 7.11 Å². The largest absolute Gasteiger partial charge is 0.466 e. The number of aldehydes is 1. The van der Waals surface area contributed by atoms with Crippen LogP contribution in [0.1, 0.15) is 34.1 Å².